The highest BCUT2D eigenvalue weighted by Gasteiger charge is 2.27. The van der Waals surface area contributed by atoms with Gasteiger partial charge in [-0.15, -0.1) is 0 Å². The van der Waals surface area contributed by atoms with E-state index >= 15 is 0 Å². The largest absolute Gasteiger partial charge is 0.372 e. The Hall–Kier alpha value is -1.74. The molecule has 1 heterocycles. The van der Waals surface area contributed by atoms with Gasteiger partial charge in [0.2, 0.25) is 0 Å². The highest BCUT2D eigenvalue weighted by Crippen LogP contribution is 2.25. The first-order chi connectivity index (χ1) is 10.9. The minimum atomic E-state index is -0.318. The molecule has 0 spiro atoms. The third-order valence-electron chi connectivity index (χ3n) is 3.36. The van der Waals surface area contributed by atoms with Crippen molar-refractivity contribution in [3.63, 3.8) is 0 Å². The summed E-state index contributed by atoms with van der Waals surface area (Å²) in [4.78, 5) is 14.1. The van der Waals surface area contributed by atoms with Gasteiger partial charge in [0, 0.05) is 25.0 Å². The van der Waals surface area contributed by atoms with E-state index in [9.17, 15) is 10.1 Å². The van der Waals surface area contributed by atoms with E-state index in [1.165, 1.54) is 6.20 Å². The number of benzene rings is 1. The van der Waals surface area contributed by atoms with Crippen molar-refractivity contribution in [2.45, 2.75) is 26.1 Å². The minimum absolute atomic E-state index is 0.0253. The predicted octanol–water partition coefficient (Wildman–Crippen LogP) is 3.45. The van der Waals surface area contributed by atoms with Crippen LogP contribution in [0.25, 0.3) is 0 Å². The first-order valence-electron chi connectivity index (χ1n) is 7.17. The molecule has 0 saturated carbocycles. The molecule has 1 aliphatic rings. The number of amides is 1. The van der Waals surface area contributed by atoms with Gasteiger partial charge in [0.1, 0.15) is 11.6 Å². The maximum absolute atomic E-state index is 12.5. The van der Waals surface area contributed by atoms with E-state index in [4.69, 9.17) is 27.9 Å². The zero-order valence-electron chi connectivity index (χ0n) is 12.8. The number of halogens is 2. The predicted molar refractivity (Wildman–Crippen MR) is 90.4 cm³/mol. The number of hydrogen-bond acceptors (Lipinski definition) is 4. The van der Waals surface area contributed by atoms with Crippen LogP contribution in [-0.4, -0.2) is 36.1 Å². The molecular formula is C16H17Cl2N3O2. The van der Waals surface area contributed by atoms with Crippen molar-refractivity contribution < 1.29 is 9.53 Å². The fourth-order valence-electron chi connectivity index (χ4n) is 2.40. The van der Waals surface area contributed by atoms with Crippen molar-refractivity contribution in [1.82, 2.24) is 4.90 Å². The van der Waals surface area contributed by atoms with E-state index in [1.807, 2.05) is 19.9 Å². The summed E-state index contributed by atoms with van der Waals surface area (Å²) in [5.41, 5.74) is 0.668. The van der Waals surface area contributed by atoms with E-state index in [0.29, 0.717) is 28.8 Å². The van der Waals surface area contributed by atoms with Crippen LogP contribution in [0, 0.1) is 11.3 Å². The van der Waals surface area contributed by atoms with Crippen molar-refractivity contribution in [3.8, 4) is 6.07 Å². The summed E-state index contributed by atoms with van der Waals surface area (Å²) in [6, 6.07) is 6.91. The Bertz CT molecular complexity index is 660. The number of nitrogens with zero attached hydrogens (tertiary/aromatic N) is 2. The molecular weight excluding hydrogens is 337 g/mol. The molecule has 5 nitrogen and oxygen atoms in total. The van der Waals surface area contributed by atoms with Gasteiger partial charge in [0.25, 0.3) is 5.91 Å². The summed E-state index contributed by atoms with van der Waals surface area (Å²) < 4.78 is 5.59. The minimum Gasteiger partial charge on any atom is -0.372 e. The first-order valence-corrected chi connectivity index (χ1v) is 7.93. The molecule has 7 heteroatoms. The van der Waals surface area contributed by atoms with Crippen LogP contribution in [0.1, 0.15) is 13.8 Å². The maximum Gasteiger partial charge on any atom is 0.266 e. The van der Waals surface area contributed by atoms with Gasteiger partial charge in [-0.25, -0.2) is 0 Å². The van der Waals surface area contributed by atoms with Crippen LogP contribution < -0.4 is 5.32 Å². The molecule has 0 aliphatic carbocycles. The summed E-state index contributed by atoms with van der Waals surface area (Å²) >= 11 is 11.8. The molecule has 1 aliphatic heterocycles. The molecule has 122 valence electrons. The Labute approximate surface area is 145 Å². The maximum atomic E-state index is 12.5. The lowest BCUT2D eigenvalue weighted by atomic mass is 10.2. The van der Waals surface area contributed by atoms with Gasteiger partial charge in [-0.3, -0.25) is 4.79 Å². The third-order valence-corrected chi connectivity index (χ3v) is 4.10. The van der Waals surface area contributed by atoms with Gasteiger partial charge in [0.15, 0.2) is 0 Å². The van der Waals surface area contributed by atoms with Crippen molar-refractivity contribution in [2.24, 2.45) is 0 Å². The fraction of sp³-hybridized carbons (Fsp3) is 0.375. The lowest BCUT2D eigenvalue weighted by Gasteiger charge is -2.35. The molecule has 1 aromatic carbocycles. The van der Waals surface area contributed by atoms with Crippen LogP contribution in [0.15, 0.2) is 30.0 Å². The summed E-state index contributed by atoms with van der Waals surface area (Å²) in [6.07, 6.45) is 1.28. The first kappa shape index (κ1) is 17.6. The Morgan fingerprint density at radius 2 is 2.00 bits per heavy atom. The van der Waals surface area contributed by atoms with E-state index in [-0.39, 0.29) is 23.7 Å². The van der Waals surface area contributed by atoms with Gasteiger partial charge in [0.05, 0.1) is 22.3 Å². The second-order valence-corrected chi connectivity index (χ2v) is 6.22. The highest BCUT2D eigenvalue weighted by molar-refractivity contribution is 6.42. The van der Waals surface area contributed by atoms with Crippen molar-refractivity contribution in [1.29, 1.82) is 5.26 Å². The number of carbonyl (C=O) groups is 1. The highest BCUT2D eigenvalue weighted by atomic mass is 35.5. The number of ether oxygens (including phenoxy) is 1. The summed E-state index contributed by atoms with van der Waals surface area (Å²) in [5.74, 6) is -0.318. The van der Waals surface area contributed by atoms with Gasteiger partial charge in [-0.1, -0.05) is 23.2 Å². The summed E-state index contributed by atoms with van der Waals surface area (Å²) in [5, 5.41) is 13.0. The van der Waals surface area contributed by atoms with Gasteiger partial charge >= 0.3 is 0 Å². The normalized spacial score (nSPS) is 21.7. The molecule has 2 unspecified atom stereocenters. The zero-order chi connectivity index (χ0) is 17.0. The molecule has 1 aromatic rings. The van der Waals surface area contributed by atoms with Gasteiger partial charge < -0.3 is 15.0 Å². The van der Waals surface area contributed by atoms with Crippen LogP contribution >= 0.6 is 23.2 Å². The molecule has 23 heavy (non-hydrogen) atoms. The molecule has 0 aromatic heterocycles. The third kappa shape index (κ3) is 4.61. The van der Waals surface area contributed by atoms with E-state index in [0.717, 1.165) is 0 Å². The molecule has 1 amide bonds. The van der Waals surface area contributed by atoms with Crippen molar-refractivity contribution in [2.75, 3.05) is 18.4 Å². The molecule has 2 atom stereocenters. The van der Waals surface area contributed by atoms with Crippen molar-refractivity contribution in [3.05, 3.63) is 40.0 Å². The molecule has 1 N–H and O–H groups in total. The number of hydrogen-bond donors (Lipinski definition) is 1. The lowest BCUT2D eigenvalue weighted by molar-refractivity contribution is -0.138. The Balaban J connectivity index is 2.10. The van der Waals surface area contributed by atoms with Crippen LogP contribution in [-0.2, 0) is 9.53 Å². The zero-order valence-corrected chi connectivity index (χ0v) is 14.4. The van der Waals surface area contributed by atoms with Crippen LogP contribution in [0.2, 0.25) is 10.0 Å². The standard InChI is InChI=1S/C16H17Cl2N3O2/c1-10-8-21(9-11(2)23-10)16(22)12(6-19)7-20-13-3-4-14(17)15(18)5-13/h3-5,7,10-11,20H,8-9H2,1-2H3/b12-7-. The second kappa shape index (κ2) is 7.69. The monoisotopic (exact) mass is 353 g/mol. The number of morpholine rings is 1. The average Bonchev–Trinajstić information content (AvgIpc) is 2.50. The van der Waals surface area contributed by atoms with Gasteiger partial charge in [-0.05, 0) is 32.0 Å². The van der Waals surface area contributed by atoms with Crippen LogP contribution in [0.5, 0.6) is 0 Å². The summed E-state index contributed by atoms with van der Waals surface area (Å²) in [7, 11) is 0. The molecule has 1 saturated heterocycles. The van der Waals surface area contributed by atoms with Crippen LogP contribution in [0.3, 0.4) is 0 Å². The SMILES string of the molecule is CC1CN(C(=O)/C(C#N)=C\Nc2ccc(Cl)c(Cl)c2)CC(C)O1. The molecule has 0 bridgehead atoms. The number of nitriles is 1. The average molecular weight is 354 g/mol. The quantitative estimate of drug-likeness (QED) is 0.667. The Morgan fingerprint density at radius 3 is 2.57 bits per heavy atom. The Morgan fingerprint density at radius 1 is 1.35 bits per heavy atom. The second-order valence-electron chi connectivity index (χ2n) is 5.41. The van der Waals surface area contributed by atoms with Gasteiger partial charge in [-0.2, -0.15) is 5.26 Å². The topological polar surface area (TPSA) is 65.4 Å². The molecule has 2 rings (SSSR count). The lowest BCUT2D eigenvalue weighted by Crippen LogP contribution is -2.48. The van der Waals surface area contributed by atoms with Crippen molar-refractivity contribution >= 4 is 34.8 Å². The van der Waals surface area contributed by atoms with E-state index in [2.05, 4.69) is 5.32 Å². The van der Waals surface area contributed by atoms with E-state index in [1.54, 1.807) is 23.1 Å². The Kier molecular flexibility index (Phi) is 5.89. The number of rotatable bonds is 3. The molecule has 0 radical (unpaired) electrons. The van der Waals surface area contributed by atoms with E-state index < -0.39 is 0 Å². The molecule has 1 fully saturated rings. The smallest absolute Gasteiger partial charge is 0.266 e. The number of anilines is 1. The summed E-state index contributed by atoms with van der Waals surface area (Å²) in [6.45, 7) is 4.74. The van der Waals surface area contributed by atoms with Crippen LogP contribution in [0.4, 0.5) is 5.69 Å². The number of carbonyl (C=O) groups excluding carboxylic acids is 1. The number of nitrogens with one attached hydrogen (secondary N) is 1. The fourth-order valence-corrected chi connectivity index (χ4v) is 2.70.